The minimum absolute atomic E-state index is 0.0143. The molecule has 8 heteroatoms. The minimum Gasteiger partial charge on any atom is -0.356 e. The van der Waals surface area contributed by atoms with Crippen LogP contribution in [-0.2, 0) is 4.79 Å². The smallest absolute Gasteiger partial charge is 0.243 e. The van der Waals surface area contributed by atoms with Gasteiger partial charge in [-0.3, -0.25) is 4.79 Å². The molecule has 6 nitrogen and oxygen atoms in total. The molecular weight excluding hydrogens is 330 g/mol. The second kappa shape index (κ2) is 10.5. The van der Waals surface area contributed by atoms with Gasteiger partial charge in [-0.25, -0.2) is 9.98 Å². The van der Waals surface area contributed by atoms with E-state index in [2.05, 4.69) is 40.7 Å². The van der Waals surface area contributed by atoms with E-state index < -0.39 is 0 Å². The third-order valence-electron chi connectivity index (χ3n) is 3.11. The number of amides is 1. The fourth-order valence-electron chi connectivity index (χ4n) is 1.67. The van der Waals surface area contributed by atoms with Crippen LogP contribution in [0, 0.1) is 6.92 Å². The Hall–Kier alpha value is -1.28. The Morgan fingerprint density at radius 1 is 1.48 bits per heavy atom. The summed E-state index contributed by atoms with van der Waals surface area (Å²) in [5.74, 6) is 1.95. The van der Waals surface area contributed by atoms with Crippen LogP contribution >= 0.6 is 23.1 Å². The molecule has 0 bridgehead atoms. The number of nitrogens with zero attached hydrogens (tertiary/aromatic N) is 3. The van der Waals surface area contributed by atoms with Crippen molar-refractivity contribution in [2.45, 2.75) is 19.8 Å². The molecule has 2 N–H and O–H groups in total. The maximum Gasteiger partial charge on any atom is 0.243 e. The van der Waals surface area contributed by atoms with Gasteiger partial charge >= 0.3 is 0 Å². The quantitative estimate of drug-likeness (QED) is 0.420. The van der Waals surface area contributed by atoms with Crippen LogP contribution < -0.4 is 10.6 Å². The first-order valence-electron chi connectivity index (χ1n) is 7.57. The summed E-state index contributed by atoms with van der Waals surface area (Å²) in [5, 5.41) is 7.68. The molecule has 0 saturated carbocycles. The predicted octanol–water partition coefficient (Wildman–Crippen LogP) is 1.54. The number of carbonyl (C=O) groups is 1. The molecule has 1 aromatic heterocycles. The molecule has 0 aliphatic heterocycles. The summed E-state index contributed by atoms with van der Waals surface area (Å²) in [4.78, 5) is 23.2. The lowest BCUT2D eigenvalue weighted by atomic mass is 10.2. The topological polar surface area (TPSA) is 69.6 Å². The molecule has 1 amide bonds. The van der Waals surface area contributed by atoms with Gasteiger partial charge in [0.05, 0.1) is 5.01 Å². The van der Waals surface area contributed by atoms with Crippen LogP contribution in [0.2, 0.25) is 0 Å². The normalized spacial score (nSPS) is 12.8. The highest BCUT2D eigenvalue weighted by molar-refractivity contribution is 7.98. The van der Waals surface area contributed by atoms with Gasteiger partial charge in [-0.2, -0.15) is 11.8 Å². The number of thiazole rings is 1. The zero-order valence-corrected chi connectivity index (χ0v) is 16.2. The third-order valence-corrected chi connectivity index (χ3v) is 4.86. The van der Waals surface area contributed by atoms with E-state index in [4.69, 9.17) is 0 Å². The first-order valence-corrected chi connectivity index (χ1v) is 9.78. The Morgan fingerprint density at radius 3 is 2.78 bits per heavy atom. The monoisotopic (exact) mass is 357 g/mol. The number of aryl methyl sites for hydroxylation is 1. The maximum absolute atomic E-state index is 11.7. The van der Waals surface area contributed by atoms with Crippen LogP contribution in [-0.4, -0.2) is 67.5 Å². The van der Waals surface area contributed by atoms with E-state index in [9.17, 15) is 4.79 Å². The van der Waals surface area contributed by atoms with Crippen molar-refractivity contribution in [1.29, 1.82) is 0 Å². The first-order chi connectivity index (χ1) is 10.9. The van der Waals surface area contributed by atoms with Crippen molar-refractivity contribution < 1.29 is 4.79 Å². The predicted molar refractivity (Wildman–Crippen MR) is 101 cm³/mol. The van der Waals surface area contributed by atoms with Gasteiger partial charge in [-0.15, -0.1) is 11.3 Å². The lowest BCUT2D eigenvalue weighted by Crippen LogP contribution is -2.41. The summed E-state index contributed by atoms with van der Waals surface area (Å²) in [7, 11) is 3.47. The van der Waals surface area contributed by atoms with Gasteiger partial charge in [0, 0.05) is 49.9 Å². The Kier molecular flexibility index (Phi) is 9.01. The number of guanidine groups is 1. The van der Waals surface area contributed by atoms with Crippen molar-refractivity contribution in [3.63, 3.8) is 0 Å². The van der Waals surface area contributed by atoms with E-state index in [0.717, 1.165) is 23.8 Å². The standard InChI is InChI=1S/C15H27N5OS2/c1-11(14-17-9-12(2)23-14)8-18-15(16-6-7-22-5)19-10-13(21)20(3)4/h9,11H,6-8,10H2,1-5H3,(H2,16,18,19). The molecule has 0 aliphatic carbocycles. The van der Waals surface area contributed by atoms with E-state index in [0.29, 0.717) is 11.9 Å². The molecule has 0 aliphatic rings. The lowest BCUT2D eigenvalue weighted by molar-refractivity contribution is -0.127. The molecule has 0 aromatic carbocycles. The Labute approximate surface area is 147 Å². The van der Waals surface area contributed by atoms with Crippen molar-refractivity contribution in [3.05, 3.63) is 16.1 Å². The zero-order valence-electron chi connectivity index (χ0n) is 14.5. The molecule has 1 unspecified atom stereocenters. The van der Waals surface area contributed by atoms with E-state index in [1.54, 1.807) is 42.1 Å². The van der Waals surface area contributed by atoms with Gasteiger partial charge in [0.25, 0.3) is 0 Å². The fraction of sp³-hybridized carbons (Fsp3) is 0.667. The zero-order chi connectivity index (χ0) is 17.2. The Balaban J connectivity index is 2.57. The fourth-order valence-corrected chi connectivity index (χ4v) is 2.80. The number of likely N-dealkylation sites (N-methyl/N-ethyl adjacent to an activating group) is 1. The number of aliphatic imine (C=N–C) groups is 1. The van der Waals surface area contributed by atoms with Gasteiger partial charge in [0.2, 0.25) is 5.91 Å². The highest BCUT2D eigenvalue weighted by atomic mass is 32.2. The number of hydrogen-bond acceptors (Lipinski definition) is 5. The van der Waals surface area contributed by atoms with E-state index in [-0.39, 0.29) is 12.5 Å². The summed E-state index contributed by atoms with van der Waals surface area (Å²) in [6.07, 6.45) is 3.96. The van der Waals surface area contributed by atoms with Crippen molar-refractivity contribution in [1.82, 2.24) is 20.5 Å². The molecule has 1 aromatic rings. The van der Waals surface area contributed by atoms with Crippen LogP contribution in [0.1, 0.15) is 22.7 Å². The molecule has 0 spiro atoms. The van der Waals surface area contributed by atoms with Gasteiger partial charge < -0.3 is 15.5 Å². The summed E-state index contributed by atoms with van der Waals surface area (Å²) >= 11 is 3.48. The van der Waals surface area contributed by atoms with Crippen molar-refractivity contribution >= 4 is 35.0 Å². The largest absolute Gasteiger partial charge is 0.356 e. The minimum atomic E-state index is -0.0143. The molecular formula is C15H27N5OS2. The first kappa shape index (κ1) is 19.8. The van der Waals surface area contributed by atoms with Gasteiger partial charge in [0.1, 0.15) is 6.54 Å². The average molecular weight is 358 g/mol. The highest BCUT2D eigenvalue weighted by Crippen LogP contribution is 2.20. The Bertz CT molecular complexity index is 516. The molecule has 0 radical (unpaired) electrons. The maximum atomic E-state index is 11.7. The van der Waals surface area contributed by atoms with Crippen molar-refractivity contribution in [2.75, 3.05) is 45.7 Å². The van der Waals surface area contributed by atoms with Crippen LogP contribution in [0.4, 0.5) is 0 Å². The molecule has 1 heterocycles. The molecule has 1 atom stereocenters. The summed E-state index contributed by atoms with van der Waals surface area (Å²) in [5.41, 5.74) is 0. The molecule has 23 heavy (non-hydrogen) atoms. The lowest BCUT2D eigenvalue weighted by Gasteiger charge is -2.15. The summed E-state index contributed by atoms with van der Waals surface area (Å²) < 4.78 is 0. The number of hydrogen-bond donors (Lipinski definition) is 2. The highest BCUT2D eigenvalue weighted by Gasteiger charge is 2.11. The summed E-state index contributed by atoms with van der Waals surface area (Å²) in [6.45, 7) is 5.88. The van der Waals surface area contributed by atoms with Crippen molar-refractivity contribution in [3.8, 4) is 0 Å². The average Bonchev–Trinajstić information content (AvgIpc) is 2.95. The molecule has 1 rings (SSSR count). The van der Waals surface area contributed by atoms with E-state index >= 15 is 0 Å². The van der Waals surface area contributed by atoms with Crippen LogP contribution in [0.3, 0.4) is 0 Å². The molecule has 0 saturated heterocycles. The summed E-state index contributed by atoms with van der Waals surface area (Å²) in [6, 6.07) is 0. The van der Waals surface area contributed by atoms with Crippen LogP contribution in [0.15, 0.2) is 11.2 Å². The number of rotatable bonds is 8. The van der Waals surface area contributed by atoms with E-state index in [1.807, 2.05) is 6.20 Å². The second-order valence-corrected chi connectivity index (χ2v) is 7.72. The number of thioether (sulfide) groups is 1. The third kappa shape index (κ3) is 7.69. The SMILES string of the molecule is CSCCNC(=NCC(=O)N(C)C)NCC(C)c1ncc(C)s1. The Morgan fingerprint density at radius 2 is 2.22 bits per heavy atom. The van der Waals surface area contributed by atoms with Crippen LogP contribution in [0.5, 0.6) is 0 Å². The number of nitrogens with one attached hydrogen (secondary N) is 2. The molecule has 0 fully saturated rings. The second-order valence-electron chi connectivity index (χ2n) is 5.46. The number of carbonyl (C=O) groups excluding carboxylic acids is 1. The number of aromatic nitrogens is 1. The van der Waals surface area contributed by atoms with Crippen molar-refractivity contribution in [2.24, 2.45) is 4.99 Å². The molecule has 130 valence electrons. The van der Waals surface area contributed by atoms with Gasteiger partial charge in [-0.1, -0.05) is 6.92 Å². The van der Waals surface area contributed by atoms with Crippen LogP contribution in [0.25, 0.3) is 0 Å². The van der Waals surface area contributed by atoms with Gasteiger partial charge in [0.15, 0.2) is 5.96 Å². The van der Waals surface area contributed by atoms with Gasteiger partial charge in [-0.05, 0) is 13.2 Å². The van der Waals surface area contributed by atoms with E-state index in [1.165, 1.54) is 4.88 Å².